The van der Waals surface area contributed by atoms with E-state index >= 15 is 0 Å². The van der Waals surface area contributed by atoms with Crippen LogP contribution in [0.4, 0.5) is 4.79 Å². The number of rotatable bonds is 3. The lowest BCUT2D eigenvalue weighted by atomic mass is 9.85. The van der Waals surface area contributed by atoms with Crippen LogP contribution in [0.2, 0.25) is 0 Å². The number of aliphatic carboxylic acids is 1. The average molecular weight is 385 g/mol. The Morgan fingerprint density at radius 3 is 2.64 bits per heavy atom. The van der Waals surface area contributed by atoms with Crippen LogP contribution in [-0.2, 0) is 22.6 Å². The molecular weight excluding hydrogens is 358 g/mol. The molecule has 7 nitrogen and oxygen atoms in total. The molecule has 2 fully saturated rings. The smallest absolute Gasteiger partial charge is 0.326 e. The third-order valence-corrected chi connectivity index (χ3v) is 6.47. The molecule has 1 aromatic rings. The highest BCUT2D eigenvalue weighted by Crippen LogP contribution is 2.39. The van der Waals surface area contributed by atoms with Crippen molar-refractivity contribution in [2.45, 2.75) is 57.2 Å². The van der Waals surface area contributed by atoms with Crippen molar-refractivity contribution in [1.29, 1.82) is 0 Å². The summed E-state index contributed by atoms with van der Waals surface area (Å²) in [5.74, 6) is -0.956. The van der Waals surface area contributed by atoms with Gasteiger partial charge in [0.05, 0.1) is 6.54 Å². The third kappa shape index (κ3) is 3.57. The van der Waals surface area contributed by atoms with Crippen molar-refractivity contribution in [1.82, 2.24) is 15.1 Å². The monoisotopic (exact) mass is 385 g/mol. The summed E-state index contributed by atoms with van der Waals surface area (Å²) in [6.07, 6.45) is 5.30. The number of carboxylic acid groups (broad SMARTS) is 1. The first-order valence-corrected chi connectivity index (χ1v) is 10.2. The number of amides is 3. The standard InChI is InChI=1S/C21H27N3O4/c25-19(24-17-8-4-3-6-15(17)11-18(24)20(26)27)12-22-21(28)23-10-9-14-5-1-2-7-16(14)13-23/h1-2,5,7,15,17-18H,3-4,6,8-13H2,(H,22,28)(H,26,27). The number of carbonyl (C=O) groups is 3. The molecule has 7 heteroatoms. The first-order chi connectivity index (χ1) is 13.5. The Morgan fingerprint density at radius 1 is 1.11 bits per heavy atom. The molecule has 0 bridgehead atoms. The van der Waals surface area contributed by atoms with E-state index in [9.17, 15) is 19.5 Å². The maximum absolute atomic E-state index is 12.8. The highest BCUT2D eigenvalue weighted by molar-refractivity contribution is 5.88. The van der Waals surface area contributed by atoms with Crippen molar-refractivity contribution in [3.05, 3.63) is 35.4 Å². The SMILES string of the molecule is O=C(O)C1CC2CCCCC2N1C(=O)CNC(=O)N1CCc2ccccc2C1. The van der Waals surface area contributed by atoms with Crippen molar-refractivity contribution in [2.24, 2.45) is 5.92 Å². The molecule has 3 unspecified atom stereocenters. The van der Waals surface area contributed by atoms with E-state index in [1.54, 1.807) is 4.90 Å². The molecule has 3 aliphatic rings. The first-order valence-electron chi connectivity index (χ1n) is 10.2. The van der Waals surface area contributed by atoms with Gasteiger partial charge in [-0.2, -0.15) is 0 Å². The number of likely N-dealkylation sites (tertiary alicyclic amines) is 1. The molecule has 28 heavy (non-hydrogen) atoms. The highest BCUT2D eigenvalue weighted by atomic mass is 16.4. The number of benzene rings is 1. The Balaban J connectivity index is 1.37. The minimum absolute atomic E-state index is 0.00103. The van der Waals surface area contributed by atoms with Crippen LogP contribution in [0.25, 0.3) is 0 Å². The van der Waals surface area contributed by atoms with Crippen LogP contribution in [0.1, 0.15) is 43.2 Å². The Bertz CT molecular complexity index is 781. The van der Waals surface area contributed by atoms with Crippen LogP contribution in [0.15, 0.2) is 24.3 Å². The molecule has 0 spiro atoms. The molecule has 1 aromatic carbocycles. The number of hydrogen-bond acceptors (Lipinski definition) is 3. The third-order valence-electron chi connectivity index (χ3n) is 6.47. The van der Waals surface area contributed by atoms with Gasteiger partial charge in [0.1, 0.15) is 6.04 Å². The van der Waals surface area contributed by atoms with Crippen LogP contribution in [0.3, 0.4) is 0 Å². The van der Waals surface area contributed by atoms with Gasteiger partial charge in [0.25, 0.3) is 0 Å². The van der Waals surface area contributed by atoms with E-state index in [1.165, 1.54) is 10.5 Å². The van der Waals surface area contributed by atoms with Crippen LogP contribution in [0.5, 0.6) is 0 Å². The Hall–Kier alpha value is -2.57. The summed E-state index contributed by atoms with van der Waals surface area (Å²) in [7, 11) is 0. The van der Waals surface area contributed by atoms with Gasteiger partial charge in [-0.1, -0.05) is 37.1 Å². The zero-order valence-electron chi connectivity index (χ0n) is 16.0. The van der Waals surface area contributed by atoms with Crippen molar-refractivity contribution in [3.63, 3.8) is 0 Å². The van der Waals surface area contributed by atoms with E-state index in [0.717, 1.165) is 37.7 Å². The number of carboxylic acids is 1. The molecule has 1 saturated heterocycles. The minimum atomic E-state index is -0.943. The van der Waals surface area contributed by atoms with Crippen LogP contribution >= 0.6 is 0 Å². The molecule has 0 aromatic heterocycles. The van der Waals surface area contributed by atoms with E-state index in [0.29, 0.717) is 19.5 Å². The molecule has 3 atom stereocenters. The molecule has 3 amide bonds. The molecule has 150 valence electrons. The number of urea groups is 1. The number of fused-ring (bicyclic) bond motifs is 2. The molecule has 0 radical (unpaired) electrons. The van der Waals surface area contributed by atoms with Gasteiger partial charge in [0.2, 0.25) is 5.91 Å². The van der Waals surface area contributed by atoms with Crippen molar-refractivity contribution < 1.29 is 19.5 Å². The van der Waals surface area contributed by atoms with Crippen molar-refractivity contribution >= 4 is 17.9 Å². The summed E-state index contributed by atoms with van der Waals surface area (Å²) in [5.41, 5.74) is 2.39. The maximum Gasteiger partial charge on any atom is 0.326 e. The molecule has 1 saturated carbocycles. The topological polar surface area (TPSA) is 90.0 Å². The lowest BCUT2D eigenvalue weighted by Gasteiger charge is -2.33. The lowest BCUT2D eigenvalue weighted by molar-refractivity contribution is -0.149. The number of nitrogens with zero attached hydrogens (tertiary/aromatic N) is 2. The van der Waals surface area contributed by atoms with Gasteiger partial charge in [-0.05, 0) is 42.7 Å². The zero-order chi connectivity index (χ0) is 19.7. The quantitative estimate of drug-likeness (QED) is 0.833. The van der Waals surface area contributed by atoms with Crippen LogP contribution in [-0.4, -0.2) is 58.0 Å². The molecule has 4 rings (SSSR count). The van der Waals surface area contributed by atoms with Crippen LogP contribution < -0.4 is 5.32 Å². The van der Waals surface area contributed by atoms with Crippen molar-refractivity contribution in [2.75, 3.05) is 13.1 Å². The molecular formula is C21H27N3O4. The number of carbonyl (C=O) groups excluding carboxylic acids is 2. The zero-order valence-corrected chi connectivity index (χ0v) is 16.0. The van der Waals surface area contributed by atoms with Gasteiger partial charge in [-0.15, -0.1) is 0 Å². The summed E-state index contributed by atoms with van der Waals surface area (Å²) in [6, 6.07) is 7.03. The van der Waals surface area contributed by atoms with Crippen molar-refractivity contribution in [3.8, 4) is 0 Å². The Labute approximate surface area is 164 Å². The Kier molecular flexibility index (Phi) is 5.24. The first kappa shape index (κ1) is 18.8. The second-order valence-corrected chi connectivity index (χ2v) is 8.10. The van der Waals surface area contributed by atoms with Gasteiger partial charge < -0.3 is 20.2 Å². The normalized spacial score (nSPS) is 26.4. The fourth-order valence-corrected chi connectivity index (χ4v) is 5.06. The average Bonchev–Trinajstić information content (AvgIpc) is 3.11. The predicted molar refractivity (Wildman–Crippen MR) is 103 cm³/mol. The van der Waals surface area contributed by atoms with Gasteiger partial charge in [0, 0.05) is 19.1 Å². The van der Waals surface area contributed by atoms with Crippen LogP contribution in [0, 0.1) is 5.92 Å². The second-order valence-electron chi connectivity index (χ2n) is 8.10. The maximum atomic E-state index is 12.8. The summed E-state index contributed by atoms with van der Waals surface area (Å²) in [6.45, 7) is 0.996. The van der Waals surface area contributed by atoms with E-state index in [2.05, 4.69) is 11.4 Å². The van der Waals surface area contributed by atoms with E-state index in [1.807, 2.05) is 18.2 Å². The van der Waals surface area contributed by atoms with E-state index in [-0.39, 0.29) is 30.4 Å². The van der Waals surface area contributed by atoms with Gasteiger partial charge >= 0.3 is 12.0 Å². The molecule has 2 heterocycles. The fraction of sp³-hybridized carbons (Fsp3) is 0.571. The summed E-state index contributed by atoms with van der Waals surface area (Å²) in [5, 5.41) is 12.3. The lowest BCUT2D eigenvalue weighted by Crippen LogP contribution is -2.51. The van der Waals surface area contributed by atoms with Gasteiger partial charge in [-0.25, -0.2) is 9.59 Å². The molecule has 2 N–H and O–H groups in total. The number of nitrogens with one attached hydrogen (secondary N) is 1. The Morgan fingerprint density at radius 2 is 1.86 bits per heavy atom. The van der Waals surface area contributed by atoms with E-state index < -0.39 is 12.0 Å². The van der Waals surface area contributed by atoms with Gasteiger partial charge in [-0.3, -0.25) is 4.79 Å². The number of hydrogen-bond donors (Lipinski definition) is 2. The summed E-state index contributed by atoms with van der Waals surface area (Å²) < 4.78 is 0. The highest BCUT2D eigenvalue weighted by Gasteiger charge is 2.47. The largest absolute Gasteiger partial charge is 0.480 e. The summed E-state index contributed by atoms with van der Waals surface area (Å²) >= 11 is 0. The molecule has 1 aliphatic carbocycles. The second kappa shape index (κ2) is 7.81. The summed E-state index contributed by atoms with van der Waals surface area (Å²) in [4.78, 5) is 40.3. The molecule has 2 aliphatic heterocycles. The fourth-order valence-electron chi connectivity index (χ4n) is 5.06. The van der Waals surface area contributed by atoms with Gasteiger partial charge in [0.15, 0.2) is 0 Å². The van der Waals surface area contributed by atoms with E-state index in [4.69, 9.17) is 0 Å². The predicted octanol–water partition coefficient (Wildman–Crippen LogP) is 2.00. The minimum Gasteiger partial charge on any atom is -0.480 e.